The Kier molecular flexibility index (Phi) is 3.77. The molecule has 0 heterocycles. The van der Waals surface area contributed by atoms with Gasteiger partial charge in [-0.25, -0.2) is 0 Å². The Hall–Kier alpha value is -2.68. The molecule has 24 heavy (non-hydrogen) atoms. The van der Waals surface area contributed by atoms with Crippen molar-refractivity contribution in [1.82, 2.24) is 0 Å². The van der Waals surface area contributed by atoms with Gasteiger partial charge in [0.2, 0.25) is 0 Å². The molecule has 0 amide bonds. The summed E-state index contributed by atoms with van der Waals surface area (Å²) in [7, 11) is 0. The molecule has 0 atom stereocenters. The van der Waals surface area contributed by atoms with E-state index in [9.17, 15) is 10.2 Å². The van der Waals surface area contributed by atoms with Crippen LogP contribution in [0.1, 0.15) is 11.1 Å². The van der Waals surface area contributed by atoms with E-state index < -0.39 is 0 Å². The molecule has 2 heteroatoms. The van der Waals surface area contributed by atoms with Gasteiger partial charge < -0.3 is 10.2 Å². The maximum absolute atomic E-state index is 9.85. The van der Waals surface area contributed by atoms with E-state index in [1.807, 2.05) is 48.5 Å². The highest BCUT2D eigenvalue weighted by atomic mass is 16.3. The van der Waals surface area contributed by atoms with Crippen LogP contribution in [0.2, 0.25) is 0 Å². The first-order valence-electron chi connectivity index (χ1n) is 8.05. The Bertz CT molecular complexity index is 949. The van der Waals surface area contributed by atoms with E-state index in [-0.39, 0.29) is 13.2 Å². The van der Waals surface area contributed by atoms with Gasteiger partial charge in [0.1, 0.15) is 0 Å². The molecular formula is C22H18O2. The third kappa shape index (κ3) is 2.46. The quantitative estimate of drug-likeness (QED) is 0.578. The normalized spacial score (nSPS) is 11.2. The summed E-state index contributed by atoms with van der Waals surface area (Å²) >= 11 is 0. The predicted molar refractivity (Wildman–Crippen MR) is 98.7 cm³/mol. The van der Waals surface area contributed by atoms with Gasteiger partial charge in [-0.3, -0.25) is 0 Å². The average molecular weight is 314 g/mol. The van der Waals surface area contributed by atoms with Crippen LogP contribution in [0.3, 0.4) is 0 Å². The van der Waals surface area contributed by atoms with Gasteiger partial charge in [0, 0.05) is 0 Å². The molecule has 4 rings (SSSR count). The van der Waals surface area contributed by atoms with Crippen LogP contribution in [0, 0.1) is 0 Å². The van der Waals surface area contributed by atoms with Crippen molar-refractivity contribution in [2.75, 3.05) is 0 Å². The lowest BCUT2D eigenvalue weighted by Gasteiger charge is -2.15. The first-order chi connectivity index (χ1) is 11.8. The number of hydrogen-bond donors (Lipinski definition) is 2. The summed E-state index contributed by atoms with van der Waals surface area (Å²) in [6.07, 6.45) is 0. The Morgan fingerprint density at radius 2 is 0.833 bits per heavy atom. The highest BCUT2D eigenvalue weighted by Crippen LogP contribution is 2.34. The summed E-state index contributed by atoms with van der Waals surface area (Å²) < 4.78 is 0. The van der Waals surface area contributed by atoms with Crippen molar-refractivity contribution in [3.05, 3.63) is 83.9 Å². The van der Waals surface area contributed by atoms with E-state index >= 15 is 0 Å². The van der Waals surface area contributed by atoms with E-state index in [2.05, 4.69) is 24.3 Å². The van der Waals surface area contributed by atoms with Gasteiger partial charge in [-0.15, -0.1) is 0 Å². The number of hydrogen-bond acceptors (Lipinski definition) is 2. The smallest absolute Gasteiger partial charge is 0.0688 e. The summed E-state index contributed by atoms with van der Waals surface area (Å²) in [6.45, 7) is -0.0598. The molecule has 0 aliphatic heterocycles. The van der Waals surface area contributed by atoms with E-state index in [4.69, 9.17) is 0 Å². The fourth-order valence-corrected chi connectivity index (χ4v) is 3.34. The molecule has 0 aromatic heterocycles. The van der Waals surface area contributed by atoms with Gasteiger partial charge in [-0.05, 0) is 68.1 Å². The minimum Gasteiger partial charge on any atom is -0.392 e. The highest BCUT2D eigenvalue weighted by molar-refractivity contribution is 5.93. The van der Waals surface area contributed by atoms with Crippen LogP contribution in [0.25, 0.3) is 32.7 Å². The number of fused-ring (bicyclic) bond motifs is 2. The van der Waals surface area contributed by atoms with E-state index in [0.29, 0.717) is 0 Å². The Morgan fingerprint density at radius 1 is 0.500 bits per heavy atom. The summed E-state index contributed by atoms with van der Waals surface area (Å²) in [5.74, 6) is 0. The fourth-order valence-electron chi connectivity index (χ4n) is 3.34. The topological polar surface area (TPSA) is 40.5 Å². The van der Waals surface area contributed by atoms with Crippen molar-refractivity contribution < 1.29 is 10.2 Å². The standard InChI is InChI=1S/C22H18O2/c23-13-19-9-15-5-1-3-7-17(15)11-21(19)22-12-18-8-4-2-6-16(18)10-20(22)14-24/h1-12,23-24H,13-14H2. The fraction of sp³-hybridized carbons (Fsp3) is 0.0909. The predicted octanol–water partition coefficient (Wildman–Crippen LogP) is 4.64. The summed E-state index contributed by atoms with van der Waals surface area (Å²) in [6, 6.07) is 24.5. The van der Waals surface area contributed by atoms with Crippen molar-refractivity contribution in [1.29, 1.82) is 0 Å². The molecule has 0 unspecified atom stereocenters. The summed E-state index contributed by atoms with van der Waals surface area (Å²) in [5, 5.41) is 24.2. The van der Waals surface area contributed by atoms with Crippen LogP contribution >= 0.6 is 0 Å². The molecule has 4 aromatic carbocycles. The molecule has 0 saturated heterocycles. The van der Waals surface area contributed by atoms with Crippen molar-refractivity contribution >= 4 is 21.5 Å². The lowest BCUT2D eigenvalue weighted by atomic mass is 9.91. The Labute approximate surface area is 140 Å². The van der Waals surface area contributed by atoms with Crippen molar-refractivity contribution in [3.8, 4) is 11.1 Å². The van der Waals surface area contributed by atoms with Gasteiger partial charge in [-0.1, -0.05) is 48.5 Å². The molecule has 0 fully saturated rings. The molecule has 0 radical (unpaired) electrons. The maximum Gasteiger partial charge on any atom is 0.0688 e. The zero-order chi connectivity index (χ0) is 16.5. The average Bonchev–Trinajstić information content (AvgIpc) is 2.65. The van der Waals surface area contributed by atoms with Crippen LogP contribution in [-0.4, -0.2) is 10.2 Å². The van der Waals surface area contributed by atoms with Gasteiger partial charge in [0.05, 0.1) is 13.2 Å². The second-order valence-corrected chi connectivity index (χ2v) is 6.03. The number of aliphatic hydroxyl groups is 2. The summed E-state index contributed by atoms with van der Waals surface area (Å²) in [4.78, 5) is 0. The zero-order valence-electron chi connectivity index (χ0n) is 13.2. The maximum atomic E-state index is 9.85. The molecule has 0 spiro atoms. The van der Waals surface area contributed by atoms with E-state index in [1.165, 1.54) is 0 Å². The van der Waals surface area contributed by atoms with Crippen molar-refractivity contribution in [3.63, 3.8) is 0 Å². The molecule has 2 N–H and O–H groups in total. The van der Waals surface area contributed by atoms with Crippen LogP contribution in [-0.2, 0) is 13.2 Å². The van der Waals surface area contributed by atoms with Gasteiger partial charge in [-0.2, -0.15) is 0 Å². The largest absolute Gasteiger partial charge is 0.392 e. The van der Waals surface area contributed by atoms with E-state index in [0.717, 1.165) is 43.8 Å². The highest BCUT2D eigenvalue weighted by Gasteiger charge is 2.12. The first-order valence-corrected chi connectivity index (χ1v) is 8.05. The monoisotopic (exact) mass is 314 g/mol. The first kappa shape index (κ1) is 14.9. The molecule has 0 aliphatic carbocycles. The minimum atomic E-state index is -0.0299. The van der Waals surface area contributed by atoms with Crippen LogP contribution in [0.5, 0.6) is 0 Å². The molecule has 118 valence electrons. The second kappa shape index (κ2) is 6.08. The lowest BCUT2D eigenvalue weighted by molar-refractivity contribution is 0.280. The molecule has 4 aromatic rings. The minimum absolute atomic E-state index is 0.0299. The molecule has 0 aliphatic rings. The van der Waals surface area contributed by atoms with E-state index in [1.54, 1.807) is 0 Å². The zero-order valence-corrected chi connectivity index (χ0v) is 13.2. The molecule has 0 bridgehead atoms. The van der Waals surface area contributed by atoms with Gasteiger partial charge in [0.15, 0.2) is 0 Å². The Morgan fingerprint density at radius 3 is 1.17 bits per heavy atom. The second-order valence-electron chi connectivity index (χ2n) is 6.03. The SMILES string of the molecule is OCc1cc2ccccc2cc1-c1cc2ccccc2cc1CO. The molecular weight excluding hydrogens is 296 g/mol. The molecule has 0 saturated carbocycles. The molecule has 2 nitrogen and oxygen atoms in total. The van der Waals surface area contributed by atoms with Crippen molar-refractivity contribution in [2.45, 2.75) is 13.2 Å². The van der Waals surface area contributed by atoms with Crippen LogP contribution in [0.15, 0.2) is 72.8 Å². The Balaban J connectivity index is 2.04. The summed E-state index contributed by atoms with van der Waals surface area (Å²) in [5.41, 5.74) is 3.70. The van der Waals surface area contributed by atoms with Gasteiger partial charge >= 0.3 is 0 Å². The third-order valence-corrected chi connectivity index (χ3v) is 4.57. The number of rotatable bonds is 3. The number of benzene rings is 4. The van der Waals surface area contributed by atoms with Crippen LogP contribution < -0.4 is 0 Å². The van der Waals surface area contributed by atoms with Crippen LogP contribution in [0.4, 0.5) is 0 Å². The lowest BCUT2D eigenvalue weighted by Crippen LogP contribution is -1.95. The van der Waals surface area contributed by atoms with Gasteiger partial charge in [0.25, 0.3) is 0 Å². The third-order valence-electron chi connectivity index (χ3n) is 4.57. The van der Waals surface area contributed by atoms with Crippen molar-refractivity contribution in [2.24, 2.45) is 0 Å². The number of aliphatic hydroxyl groups excluding tert-OH is 2.